The predicted octanol–water partition coefficient (Wildman–Crippen LogP) is 1.95. The zero-order valence-electron chi connectivity index (χ0n) is 15.0. The van der Waals surface area contributed by atoms with Gasteiger partial charge in [-0.15, -0.1) is 0 Å². The number of thiophene rings is 1. The molecule has 0 aromatic carbocycles. The largest absolute Gasteiger partial charge is 0.383 e. The van der Waals surface area contributed by atoms with Gasteiger partial charge in [-0.25, -0.2) is 4.99 Å². The lowest BCUT2D eigenvalue weighted by molar-refractivity contribution is 0.0676. The summed E-state index contributed by atoms with van der Waals surface area (Å²) in [6.07, 6.45) is 1.99. The molecule has 0 aliphatic heterocycles. The fourth-order valence-corrected chi connectivity index (χ4v) is 2.80. The Morgan fingerprint density at radius 3 is 2.79 bits per heavy atom. The number of guanidine groups is 1. The molecule has 0 radical (unpaired) electrons. The minimum absolute atomic E-state index is 0.319. The first-order valence-electron chi connectivity index (χ1n) is 8.44. The minimum Gasteiger partial charge on any atom is -0.383 e. The third-order valence-electron chi connectivity index (χ3n) is 3.47. The number of hydrogen-bond donors (Lipinski definition) is 3. The predicted molar refractivity (Wildman–Crippen MR) is 99.8 cm³/mol. The molecule has 6 nitrogen and oxygen atoms in total. The van der Waals surface area contributed by atoms with E-state index < -0.39 is 5.60 Å². The van der Waals surface area contributed by atoms with Gasteiger partial charge < -0.3 is 25.2 Å². The second kappa shape index (κ2) is 12.2. The number of ether oxygens (including phenoxy) is 2. The summed E-state index contributed by atoms with van der Waals surface area (Å²) in [6.45, 7) is 7.76. The van der Waals surface area contributed by atoms with Crippen molar-refractivity contribution >= 4 is 17.3 Å². The van der Waals surface area contributed by atoms with Crippen molar-refractivity contribution in [2.75, 3.05) is 46.6 Å². The van der Waals surface area contributed by atoms with Gasteiger partial charge in [0.25, 0.3) is 0 Å². The Bertz CT molecular complexity index is 450. The number of rotatable bonds is 12. The molecule has 0 aliphatic rings. The van der Waals surface area contributed by atoms with Crippen LogP contribution in [0.1, 0.15) is 32.3 Å². The molecule has 1 unspecified atom stereocenters. The van der Waals surface area contributed by atoms with Crippen LogP contribution in [0.5, 0.6) is 0 Å². The molecule has 0 fully saturated rings. The number of methoxy groups -OCH3 is 1. The Morgan fingerprint density at radius 2 is 2.12 bits per heavy atom. The zero-order chi connectivity index (χ0) is 17.7. The van der Waals surface area contributed by atoms with Gasteiger partial charge in [0, 0.05) is 26.8 Å². The Hall–Kier alpha value is -1.15. The average Bonchev–Trinajstić information content (AvgIpc) is 3.10. The molecule has 3 N–H and O–H groups in total. The topological polar surface area (TPSA) is 75.1 Å². The highest BCUT2D eigenvalue weighted by Gasteiger charge is 2.23. The molecule has 1 aromatic rings. The van der Waals surface area contributed by atoms with Crippen LogP contribution in [0.3, 0.4) is 0 Å². The van der Waals surface area contributed by atoms with E-state index in [2.05, 4.69) is 15.6 Å². The number of nitrogens with zero attached hydrogens (tertiary/aromatic N) is 1. The number of aliphatic imine (C=N–C) groups is 1. The van der Waals surface area contributed by atoms with Crippen molar-refractivity contribution in [1.82, 2.24) is 10.6 Å². The second-order valence-electron chi connectivity index (χ2n) is 5.72. The zero-order valence-corrected chi connectivity index (χ0v) is 15.8. The molecule has 1 rings (SSSR count). The first-order chi connectivity index (χ1) is 11.6. The lowest BCUT2D eigenvalue weighted by Gasteiger charge is -2.21. The van der Waals surface area contributed by atoms with Crippen LogP contribution >= 0.6 is 11.3 Å². The van der Waals surface area contributed by atoms with Crippen molar-refractivity contribution in [3.05, 3.63) is 22.4 Å². The fourth-order valence-electron chi connectivity index (χ4n) is 2.02. The highest BCUT2D eigenvalue weighted by atomic mass is 32.1. The van der Waals surface area contributed by atoms with Gasteiger partial charge in [-0.2, -0.15) is 11.3 Å². The van der Waals surface area contributed by atoms with E-state index in [0.717, 1.165) is 44.1 Å². The van der Waals surface area contributed by atoms with Crippen molar-refractivity contribution in [1.29, 1.82) is 0 Å². The number of unbranched alkanes of at least 4 members (excludes halogenated alkanes) is 1. The minimum atomic E-state index is -0.947. The maximum absolute atomic E-state index is 10.5. The standard InChI is InChI=1S/C17H31N3O3S/c1-4-18-16(19-8-5-6-9-23-11-10-22-3)20-14-17(2,21)15-7-12-24-13-15/h7,12-13,21H,4-6,8-11,14H2,1-3H3,(H2,18,19,20). The Labute approximate surface area is 149 Å². The van der Waals surface area contributed by atoms with E-state index in [1.165, 1.54) is 0 Å². The maximum atomic E-state index is 10.5. The molecule has 0 amide bonds. The summed E-state index contributed by atoms with van der Waals surface area (Å²) in [6, 6.07) is 1.93. The molecular weight excluding hydrogens is 326 g/mol. The third-order valence-corrected chi connectivity index (χ3v) is 4.16. The van der Waals surface area contributed by atoms with Gasteiger partial charge >= 0.3 is 0 Å². The van der Waals surface area contributed by atoms with Gasteiger partial charge in [0.05, 0.1) is 19.8 Å². The Morgan fingerprint density at radius 1 is 1.29 bits per heavy atom. The lowest BCUT2D eigenvalue weighted by Crippen LogP contribution is -2.39. The molecule has 0 bridgehead atoms. The van der Waals surface area contributed by atoms with E-state index in [0.29, 0.717) is 19.8 Å². The second-order valence-corrected chi connectivity index (χ2v) is 6.50. The molecule has 1 aromatic heterocycles. The Kier molecular flexibility index (Phi) is 10.7. The molecular formula is C17H31N3O3S. The van der Waals surface area contributed by atoms with Crippen LogP contribution in [-0.4, -0.2) is 57.6 Å². The van der Waals surface area contributed by atoms with Crippen LogP contribution in [0, 0.1) is 0 Å². The van der Waals surface area contributed by atoms with Crippen molar-refractivity contribution < 1.29 is 14.6 Å². The maximum Gasteiger partial charge on any atom is 0.191 e. The van der Waals surface area contributed by atoms with E-state index in [1.54, 1.807) is 25.4 Å². The van der Waals surface area contributed by atoms with E-state index in [1.807, 2.05) is 23.8 Å². The number of nitrogens with one attached hydrogen (secondary N) is 2. The van der Waals surface area contributed by atoms with E-state index >= 15 is 0 Å². The van der Waals surface area contributed by atoms with Crippen LogP contribution < -0.4 is 10.6 Å². The summed E-state index contributed by atoms with van der Waals surface area (Å²) in [5.74, 6) is 0.730. The summed E-state index contributed by atoms with van der Waals surface area (Å²) in [5, 5.41) is 20.9. The van der Waals surface area contributed by atoms with Gasteiger partial charge in [-0.1, -0.05) is 0 Å². The number of hydrogen-bond acceptors (Lipinski definition) is 5. The third kappa shape index (κ3) is 8.63. The van der Waals surface area contributed by atoms with Crippen LogP contribution in [0.4, 0.5) is 0 Å². The molecule has 7 heteroatoms. The highest BCUT2D eigenvalue weighted by molar-refractivity contribution is 7.08. The molecule has 24 heavy (non-hydrogen) atoms. The molecule has 0 aliphatic carbocycles. The molecule has 1 heterocycles. The summed E-state index contributed by atoms with van der Waals surface area (Å²) >= 11 is 1.58. The monoisotopic (exact) mass is 357 g/mol. The van der Waals surface area contributed by atoms with Crippen LogP contribution in [-0.2, 0) is 15.1 Å². The molecule has 0 spiro atoms. The summed E-state index contributed by atoms with van der Waals surface area (Å²) in [4.78, 5) is 4.50. The highest BCUT2D eigenvalue weighted by Crippen LogP contribution is 2.23. The van der Waals surface area contributed by atoms with Crippen LogP contribution in [0.15, 0.2) is 21.8 Å². The molecule has 1 atom stereocenters. The van der Waals surface area contributed by atoms with E-state index in [-0.39, 0.29) is 0 Å². The first-order valence-corrected chi connectivity index (χ1v) is 9.38. The average molecular weight is 358 g/mol. The van der Waals surface area contributed by atoms with Crippen LogP contribution in [0.25, 0.3) is 0 Å². The first kappa shape index (κ1) is 20.9. The Balaban J connectivity index is 2.30. The van der Waals surface area contributed by atoms with Gasteiger partial charge in [-0.3, -0.25) is 0 Å². The molecule has 0 saturated heterocycles. The van der Waals surface area contributed by atoms with Gasteiger partial charge in [-0.05, 0) is 49.1 Å². The summed E-state index contributed by atoms with van der Waals surface area (Å²) in [7, 11) is 1.67. The molecule has 0 saturated carbocycles. The summed E-state index contributed by atoms with van der Waals surface area (Å²) < 4.78 is 10.4. The van der Waals surface area contributed by atoms with Crippen LogP contribution in [0.2, 0.25) is 0 Å². The van der Waals surface area contributed by atoms with Crippen molar-refractivity contribution in [3.63, 3.8) is 0 Å². The van der Waals surface area contributed by atoms with Gasteiger partial charge in [0.15, 0.2) is 5.96 Å². The molecule has 138 valence electrons. The lowest BCUT2D eigenvalue weighted by atomic mass is 10.00. The van der Waals surface area contributed by atoms with E-state index in [9.17, 15) is 5.11 Å². The van der Waals surface area contributed by atoms with Gasteiger partial charge in [0.1, 0.15) is 5.60 Å². The van der Waals surface area contributed by atoms with Crippen molar-refractivity contribution in [2.45, 2.75) is 32.3 Å². The quantitative estimate of drug-likeness (QED) is 0.303. The normalized spacial score (nSPS) is 14.4. The van der Waals surface area contributed by atoms with E-state index in [4.69, 9.17) is 9.47 Å². The van der Waals surface area contributed by atoms with Gasteiger partial charge in [0.2, 0.25) is 0 Å². The van der Waals surface area contributed by atoms with Crippen molar-refractivity contribution in [2.24, 2.45) is 4.99 Å². The SMILES string of the molecule is CCNC(=NCC(C)(O)c1ccsc1)NCCCCOCCOC. The number of aliphatic hydroxyl groups is 1. The smallest absolute Gasteiger partial charge is 0.191 e. The fraction of sp³-hybridized carbons (Fsp3) is 0.706. The van der Waals surface area contributed by atoms with Crippen molar-refractivity contribution in [3.8, 4) is 0 Å². The summed E-state index contributed by atoms with van der Waals surface area (Å²) in [5.41, 5.74) is -0.0438.